The van der Waals surface area contributed by atoms with Gasteiger partial charge in [0.05, 0.1) is 17.9 Å². The molecule has 2 aromatic rings. The lowest BCUT2D eigenvalue weighted by atomic mass is 9.93. The van der Waals surface area contributed by atoms with Crippen molar-refractivity contribution in [3.05, 3.63) is 41.1 Å². The van der Waals surface area contributed by atoms with Gasteiger partial charge in [0.1, 0.15) is 0 Å². The second-order valence-corrected chi connectivity index (χ2v) is 7.59. The zero-order valence-electron chi connectivity index (χ0n) is 17.3. The SMILES string of the molecule is CC(C)C.CNC(=O)CNC(=O)n1nc(-c2ccc(F)c(F)c2)c2c1CCCC2. The third-order valence-corrected chi connectivity index (χ3v) is 4.24. The fourth-order valence-electron chi connectivity index (χ4n) is 2.96. The Hall–Kier alpha value is -2.77. The second-order valence-electron chi connectivity index (χ2n) is 7.59. The van der Waals surface area contributed by atoms with Gasteiger partial charge in [-0.1, -0.05) is 20.8 Å². The Bertz CT molecular complexity index is 875. The maximum Gasteiger partial charge on any atom is 0.342 e. The van der Waals surface area contributed by atoms with Gasteiger partial charge in [-0.2, -0.15) is 9.78 Å². The Morgan fingerprint density at radius 3 is 2.41 bits per heavy atom. The molecule has 1 aromatic carbocycles. The number of likely N-dealkylation sites (N-methyl/N-ethyl adjacent to an activating group) is 1. The van der Waals surface area contributed by atoms with E-state index in [4.69, 9.17) is 0 Å². The number of hydrogen-bond acceptors (Lipinski definition) is 3. The number of nitrogens with zero attached hydrogens (tertiary/aromatic N) is 2. The fourth-order valence-corrected chi connectivity index (χ4v) is 2.96. The number of rotatable bonds is 3. The van der Waals surface area contributed by atoms with Crippen molar-refractivity contribution in [1.82, 2.24) is 20.4 Å². The van der Waals surface area contributed by atoms with E-state index in [0.29, 0.717) is 24.1 Å². The Morgan fingerprint density at radius 2 is 1.79 bits per heavy atom. The number of amides is 2. The third kappa shape index (κ3) is 5.85. The zero-order valence-corrected chi connectivity index (χ0v) is 17.3. The molecule has 1 heterocycles. The first-order chi connectivity index (χ1) is 13.7. The molecule has 1 aliphatic carbocycles. The Balaban J connectivity index is 0.000000687. The van der Waals surface area contributed by atoms with Crippen LogP contribution in [0.5, 0.6) is 0 Å². The van der Waals surface area contributed by atoms with E-state index >= 15 is 0 Å². The molecule has 0 aliphatic heterocycles. The van der Waals surface area contributed by atoms with Crippen molar-refractivity contribution < 1.29 is 18.4 Å². The molecular formula is C21H28F2N4O2. The number of halogens is 2. The molecule has 0 unspecified atom stereocenters. The topological polar surface area (TPSA) is 76.0 Å². The highest BCUT2D eigenvalue weighted by Gasteiger charge is 2.25. The second kappa shape index (κ2) is 10.1. The maximum atomic E-state index is 13.6. The summed E-state index contributed by atoms with van der Waals surface area (Å²) in [5.41, 5.74) is 2.52. The normalized spacial score (nSPS) is 12.7. The number of nitrogens with one attached hydrogen (secondary N) is 2. The Labute approximate surface area is 169 Å². The zero-order chi connectivity index (χ0) is 21.6. The molecule has 0 spiro atoms. The minimum Gasteiger partial charge on any atom is -0.358 e. The van der Waals surface area contributed by atoms with Crippen LogP contribution in [0.15, 0.2) is 18.2 Å². The van der Waals surface area contributed by atoms with Crippen molar-refractivity contribution in [3.63, 3.8) is 0 Å². The maximum absolute atomic E-state index is 13.6. The minimum absolute atomic E-state index is 0.162. The van der Waals surface area contributed by atoms with Gasteiger partial charge < -0.3 is 10.6 Å². The Kier molecular flexibility index (Phi) is 7.87. The van der Waals surface area contributed by atoms with Gasteiger partial charge in [-0.05, 0) is 49.8 Å². The first-order valence-corrected chi connectivity index (χ1v) is 9.79. The molecule has 0 radical (unpaired) electrons. The van der Waals surface area contributed by atoms with E-state index in [0.717, 1.165) is 42.1 Å². The van der Waals surface area contributed by atoms with E-state index < -0.39 is 17.7 Å². The summed E-state index contributed by atoms with van der Waals surface area (Å²) in [7, 11) is 1.48. The molecule has 1 aromatic heterocycles. The standard InChI is InChI=1S/C17H18F2N4O2.C4H10/c1-20-15(24)9-21-17(25)23-14-5-3-2-4-11(14)16(22-23)10-6-7-12(18)13(19)8-10;1-4(2)3/h6-8H,2-5,9H2,1H3,(H,20,24)(H,21,25);4H,1-3H3. The summed E-state index contributed by atoms with van der Waals surface area (Å²) in [5.74, 6) is -1.38. The van der Waals surface area contributed by atoms with Crippen molar-refractivity contribution in [2.75, 3.05) is 13.6 Å². The Morgan fingerprint density at radius 1 is 1.14 bits per heavy atom. The molecule has 0 saturated carbocycles. The summed E-state index contributed by atoms with van der Waals surface area (Å²) in [4.78, 5) is 23.7. The molecule has 1 aliphatic rings. The average molecular weight is 406 g/mol. The van der Waals surface area contributed by atoms with Crippen LogP contribution < -0.4 is 10.6 Å². The molecule has 6 nitrogen and oxygen atoms in total. The van der Waals surface area contributed by atoms with Crippen LogP contribution in [0.3, 0.4) is 0 Å². The van der Waals surface area contributed by atoms with Crippen LogP contribution in [0, 0.1) is 17.6 Å². The van der Waals surface area contributed by atoms with Crippen LogP contribution in [0.25, 0.3) is 11.3 Å². The van der Waals surface area contributed by atoms with E-state index in [1.54, 1.807) is 0 Å². The fraction of sp³-hybridized carbons (Fsp3) is 0.476. The van der Waals surface area contributed by atoms with Crippen molar-refractivity contribution >= 4 is 11.9 Å². The number of fused-ring (bicyclic) bond motifs is 1. The van der Waals surface area contributed by atoms with Crippen LogP contribution in [0.1, 0.15) is 44.9 Å². The number of carbonyl (C=O) groups excluding carboxylic acids is 2. The summed E-state index contributed by atoms with van der Waals surface area (Å²) in [5, 5.41) is 9.24. The number of benzene rings is 1. The molecule has 0 saturated heterocycles. The van der Waals surface area contributed by atoms with E-state index in [1.807, 2.05) is 0 Å². The molecule has 8 heteroatoms. The van der Waals surface area contributed by atoms with Crippen LogP contribution in [0.4, 0.5) is 13.6 Å². The summed E-state index contributed by atoms with van der Waals surface area (Å²) >= 11 is 0. The molecule has 29 heavy (non-hydrogen) atoms. The first-order valence-electron chi connectivity index (χ1n) is 9.79. The molecule has 3 rings (SSSR count). The summed E-state index contributed by atoms with van der Waals surface area (Å²) in [6, 6.07) is 3.06. The molecule has 158 valence electrons. The molecular weight excluding hydrogens is 378 g/mol. The van der Waals surface area contributed by atoms with Crippen molar-refractivity contribution in [1.29, 1.82) is 0 Å². The largest absolute Gasteiger partial charge is 0.358 e. The van der Waals surface area contributed by atoms with Crippen LogP contribution in [-0.2, 0) is 17.6 Å². The quantitative estimate of drug-likeness (QED) is 0.817. The minimum atomic E-state index is -0.958. The lowest BCUT2D eigenvalue weighted by Crippen LogP contribution is -2.38. The summed E-state index contributed by atoms with van der Waals surface area (Å²) in [6.45, 7) is 6.34. The van der Waals surface area contributed by atoms with Gasteiger partial charge in [0.15, 0.2) is 11.6 Å². The van der Waals surface area contributed by atoms with Gasteiger partial charge in [-0.15, -0.1) is 0 Å². The number of carbonyl (C=O) groups is 2. The number of hydrogen-bond donors (Lipinski definition) is 2. The summed E-state index contributed by atoms with van der Waals surface area (Å²) < 4.78 is 28.0. The molecule has 0 atom stereocenters. The van der Waals surface area contributed by atoms with E-state index in [2.05, 4.69) is 36.5 Å². The van der Waals surface area contributed by atoms with Gasteiger partial charge in [-0.3, -0.25) is 4.79 Å². The molecule has 2 amide bonds. The summed E-state index contributed by atoms with van der Waals surface area (Å²) in [6.07, 6.45) is 3.24. The highest BCUT2D eigenvalue weighted by atomic mass is 19.2. The van der Waals surface area contributed by atoms with Gasteiger partial charge in [0, 0.05) is 18.2 Å². The molecule has 0 fully saturated rings. The van der Waals surface area contributed by atoms with Crippen molar-refractivity contribution in [3.8, 4) is 11.3 Å². The van der Waals surface area contributed by atoms with Crippen molar-refractivity contribution in [2.24, 2.45) is 5.92 Å². The van der Waals surface area contributed by atoms with Crippen molar-refractivity contribution in [2.45, 2.75) is 46.5 Å². The van der Waals surface area contributed by atoms with Crippen LogP contribution >= 0.6 is 0 Å². The predicted molar refractivity (Wildman–Crippen MR) is 108 cm³/mol. The van der Waals surface area contributed by atoms with Crippen LogP contribution in [-0.4, -0.2) is 35.3 Å². The van der Waals surface area contributed by atoms with E-state index in [-0.39, 0.29) is 12.5 Å². The molecule has 0 bridgehead atoms. The first kappa shape index (κ1) is 22.5. The van der Waals surface area contributed by atoms with Crippen LogP contribution in [0.2, 0.25) is 0 Å². The van der Waals surface area contributed by atoms with Gasteiger partial charge >= 0.3 is 6.03 Å². The van der Waals surface area contributed by atoms with Gasteiger partial charge in [0.25, 0.3) is 0 Å². The monoisotopic (exact) mass is 406 g/mol. The lowest BCUT2D eigenvalue weighted by Gasteiger charge is -2.14. The van der Waals surface area contributed by atoms with Gasteiger partial charge in [-0.25, -0.2) is 13.6 Å². The average Bonchev–Trinajstić information content (AvgIpc) is 3.07. The highest BCUT2D eigenvalue weighted by molar-refractivity contribution is 5.85. The van der Waals surface area contributed by atoms with E-state index in [1.165, 1.54) is 17.8 Å². The highest BCUT2D eigenvalue weighted by Crippen LogP contribution is 2.31. The number of aromatic nitrogens is 2. The molecule has 2 N–H and O–H groups in total. The van der Waals surface area contributed by atoms with E-state index in [9.17, 15) is 18.4 Å². The smallest absolute Gasteiger partial charge is 0.342 e. The third-order valence-electron chi connectivity index (χ3n) is 4.24. The predicted octanol–water partition coefficient (Wildman–Crippen LogP) is 3.67. The van der Waals surface area contributed by atoms with Gasteiger partial charge in [0.2, 0.25) is 5.91 Å². The lowest BCUT2D eigenvalue weighted by molar-refractivity contribution is -0.119.